The van der Waals surface area contributed by atoms with Gasteiger partial charge in [-0.25, -0.2) is 0 Å². The summed E-state index contributed by atoms with van der Waals surface area (Å²) in [6.45, 7) is 3.91. The smallest absolute Gasteiger partial charge is 0.161 e. The van der Waals surface area contributed by atoms with Crippen LogP contribution >= 0.6 is 0 Å². The Kier molecular flexibility index (Phi) is 6.01. The molecule has 0 radical (unpaired) electrons. The van der Waals surface area contributed by atoms with Gasteiger partial charge in [-0.3, -0.25) is 4.90 Å². The maximum atomic E-state index is 10.4. The van der Waals surface area contributed by atoms with Crippen LogP contribution in [-0.2, 0) is 6.42 Å². The number of β-amino-alcohol motifs (C(OH)–C–C–N with tert-alkyl or cyclic N) is 1. The van der Waals surface area contributed by atoms with Gasteiger partial charge in [-0.2, -0.15) is 0 Å². The number of rotatable bonds is 7. The highest BCUT2D eigenvalue weighted by atomic mass is 16.5. The Labute approximate surface area is 155 Å². The van der Waals surface area contributed by atoms with Gasteiger partial charge in [0.05, 0.1) is 14.2 Å². The molecule has 26 heavy (non-hydrogen) atoms. The van der Waals surface area contributed by atoms with Gasteiger partial charge >= 0.3 is 0 Å². The molecule has 2 aromatic carbocycles. The van der Waals surface area contributed by atoms with Gasteiger partial charge in [-0.05, 0) is 48.7 Å². The molecule has 0 saturated heterocycles. The normalized spacial score (nSPS) is 18.1. The first-order valence-corrected chi connectivity index (χ1v) is 8.97. The molecule has 3 rings (SSSR count). The van der Waals surface area contributed by atoms with E-state index in [1.807, 2.05) is 30.3 Å². The van der Waals surface area contributed by atoms with Gasteiger partial charge in [0.15, 0.2) is 11.5 Å². The zero-order valence-electron chi connectivity index (χ0n) is 15.6. The van der Waals surface area contributed by atoms with E-state index < -0.39 is 6.10 Å². The molecule has 5 nitrogen and oxygen atoms in total. The number of nitrogens with zero attached hydrogens (tertiary/aromatic N) is 1. The van der Waals surface area contributed by atoms with Gasteiger partial charge in [-0.1, -0.05) is 18.2 Å². The fourth-order valence-corrected chi connectivity index (χ4v) is 3.48. The molecule has 0 amide bonds. The molecule has 0 unspecified atom stereocenters. The molecular formula is C21H27NO4. The van der Waals surface area contributed by atoms with Gasteiger partial charge < -0.3 is 19.3 Å². The lowest BCUT2D eigenvalue weighted by atomic mass is 9.92. The Balaban J connectivity index is 1.64. The summed E-state index contributed by atoms with van der Waals surface area (Å²) in [6, 6.07) is 13.9. The molecule has 1 N–H and O–H groups in total. The van der Waals surface area contributed by atoms with Crippen molar-refractivity contribution < 1.29 is 19.3 Å². The Morgan fingerprint density at radius 1 is 1.12 bits per heavy atom. The van der Waals surface area contributed by atoms with Crippen LogP contribution in [0.1, 0.15) is 24.1 Å². The molecule has 1 heterocycles. The third-order valence-corrected chi connectivity index (χ3v) is 4.94. The van der Waals surface area contributed by atoms with Crippen molar-refractivity contribution in [3.05, 3.63) is 53.6 Å². The summed E-state index contributed by atoms with van der Waals surface area (Å²) < 4.78 is 16.5. The first-order chi connectivity index (χ1) is 12.6. The highest BCUT2D eigenvalue weighted by Crippen LogP contribution is 2.37. The van der Waals surface area contributed by atoms with Crippen molar-refractivity contribution in [1.29, 1.82) is 0 Å². The molecular weight excluding hydrogens is 330 g/mol. The number of aliphatic hydroxyl groups is 1. The predicted octanol–water partition coefficient (Wildman–Crippen LogP) is 3.06. The zero-order chi connectivity index (χ0) is 18.5. The van der Waals surface area contributed by atoms with Crippen LogP contribution < -0.4 is 14.2 Å². The van der Waals surface area contributed by atoms with Gasteiger partial charge in [0.2, 0.25) is 0 Å². The second-order valence-corrected chi connectivity index (χ2v) is 6.60. The number of aliphatic hydroxyl groups excluding tert-OH is 1. The number of benzene rings is 2. The third kappa shape index (κ3) is 4.11. The summed E-state index contributed by atoms with van der Waals surface area (Å²) >= 11 is 0. The van der Waals surface area contributed by atoms with E-state index in [-0.39, 0.29) is 12.6 Å². The minimum Gasteiger partial charge on any atom is -0.493 e. The van der Waals surface area contributed by atoms with Gasteiger partial charge in [0.25, 0.3) is 0 Å². The summed E-state index contributed by atoms with van der Waals surface area (Å²) in [4.78, 5) is 2.28. The van der Waals surface area contributed by atoms with Crippen LogP contribution in [0.3, 0.4) is 0 Å². The maximum Gasteiger partial charge on any atom is 0.161 e. The standard InChI is InChI=1S/C21H27NO4/c1-15-19-12-21(25-3)20(24-2)11-16(19)9-10-22(15)13-17(23)14-26-18-7-5-4-6-8-18/h4-8,11-12,15,17,23H,9-10,13-14H2,1-3H3/t15-,17+/m0/s1. The fourth-order valence-electron chi connectivity index (χ4n) is 3.48. The molecule has 0 fully saturated rings. The van der Waals surface area contributed by atoms with Crippen LogP contribution in [0.4, 0.5) is 0 Å². The van der Waals surface area contributed by atoms with Crippen molar-refractivity contribution in [1.82, 2.24) is 4.90 Å². The molecule has 2 aromatic rings. The van der Waals surface area contributed by atoms with Gasteiger partial charge in [-0.15, -0.1) is 0 Å². The third-order valence-electron chi connectivity index (χ3n) is 4.94. The average Bonchev–Trinajstić information content (AvgIpc) is 2.68. The summed E-state index contributed by atoms with van der Waals surface area (Å²) in [5.41, 5.74) is 2.51. The van der Waals surface area contributed by atoms with Crippen LogP contribution in [0.5, 0.6) is 17.2 Å². The van der Waals surface area contributed by atoms with E-state index in [0.717, 1.165) is 30.2 Å². The number of para-hydroxylation sites is 1. The largest absolute Gasteiger partial charge is 0.493 e. The van der Waals surface area contributed by atoms with Crippen LogP contribution in [-0.4, -0.2) is 50.0 Å². The van der Waals surface area contributed by atoms with E-state index in [0.29, 0.717) is 6.54 Å². The van der Waals surface area contributed by atoms with Crippen molar-refractivity contribution in [2.75, 3.05) is 33.9 Å². The van der Waals surface area contributed by atoms with Crippen LogP contribution in [0.2, 0.25) is 0 Å². The maximum absolute atomic E-state index is 10.4. The Morgan fingerprint density at radius 3 is 2.50 bits per heavy atom. The molecule has 2 atom stereocenters. The molecule has 0 aliphatic carbocycles. The minimum atomic E-state index is -0.542. The number of hydrogen-bond acceptors (Lipinski definition) is 5. The molecule has 0 aromatic heterocycles. The Bertz CT molecular complexity index is 719. The van der Waals surface area contributed by atoms with E-state index in [4.69, 9.17) is 14.2 Å². The minimum absolute atomic E-state index is 0.199. The SMILES string of the molecule is COc1cc2c(cc1OC)[C@H](C)N(C[C@@H](O)COc1ccccc1)CC2. The monoisotopic (exact) mass is 357 g/mol. The molecule has 0 spiro atoms. The molecule has 1 aliphatic rings. The first-order valence-electron chi connectivity index (χ1n) is 8.97. The quantitative estimate of drug-likeness (QED) is 0.825. The van der Waals surface area contributed by atoms with Crippen molar-refractivity contribution in [3.63, 3.8) is 0 Å². The highest BCUT2D eigenvalue weighted by Gasteiger charge is 2.27. The van der Waals surface area contributed by atoms with E-state index in [1.165, 1.54) is 11.1 Å². The van der Waals surface area contributed by atoms with Gasteiger partial charge in [0, 0.05) is 19.1 Å². The number of hydrogen-bond donors (Lipinski definition) is 1. The predicted molar refractivity (Wildman–Crippen MR) is 101 cm³/mol. The second kappa shape index (κ2) is 8.43. The summed E-state index contributed by atoms with van der Waals surface area (Å²) in [6.07, 6.45) is 0.381. The summed E-state index contributed by atoms with van der Waals surface area (Å²) in [7, 11) is 3.31. The Morgan fingerprint density at radius 2 is 1.81 bits per heavy atom. The number of methoxy groups -OCH3 is 2. The molecule has 140 valence electrons. The summed E-state index contributed by atoms with van der Waals surface area (Å²) in [5.74, 6) is 2.29. The number of fused-ring (bicyclic) bond motifs is 1. The zero-order valence-corrected chi connectivity index (χ0v) is 15.6. The van der Waals surface area contributed by atoms with Crippen LogP contribution in [0.15, 0.2) is 42.5 Å². The van der Waals surface area contributed by atoms with Crippen molar-refractivity contribution in [2.45, 2.75) is 25.5 Å². The van der Waals surface area contributed by atoms with Crippen LogP contribution in [0.25, 0.3) is 0 Å². The lowest BCUT2D eigenvalue weighted by molar-refractivity contribution is 0.0517. The van der Waals surface area contributed by atoms with E-state index >= 15 is 0 Å². The fraction of sp³-hybridized carbons (Fsp3) is 0.429. The Hall–Kier alpha value is -2.24. The van der Waals surface area contributed by atoms with E-state index in [9.17, 15) is 5.11 Å². The average molecular weight is 357 g/mol. The van der Waals surface area contributed by atoms with Gasteiger partial charge in [0.1, 0.15) is 18.5 Å². The molecule has 0 saturated carbocycles. The van der Waals surface area contributed by atoms with Crippen molar-refractivity contribution >= 4 is 0 Å². The van der Waals surface area contributed by atoms with E-state index in [2.05, 4.69) is 24.0 Å². The molecule has 0 bridgehead atoms. The van der Waals surface area contributed by atoms with Crippen LogP contribution in [0, 0.1) is 0 Å². The van der Waals surface area contributed by atoms with Crippen molar-refractivity contribution in [2.24, 2.45) is 0 Å². The molecule has 1 aliphatic heterocycles. The van der Waals surface area contributed by atoms with Crippen molar-refractivity contribution in [3.8, 4) is 17.2 Å². The lowest BCUT2D eigenvalue weighted by Crippen LogP contribution is -2.41. The second-order valence-electron chi connectivity index (χ2n) is 6.60. The molecule has 5 heteroatoms. The topological polar surface area (TPSA) is 51.2 Å². The number of ether oxygens (including phenoxy) is 3. The highest BCUT2D eigenvalue weighted by molar-refractivity contribution is 5.49. The first kappa shape index (κ1) is 18.5. The summed E-state index contributed by atoms with van der Waals surface area (Å²) in [5, 5.41) is 10.4. The lowest BCUT2D eigenvalue weighted by Gasteiger charge is -2.36. The van der Waals surface area contributed by atoms with E-state index in [1.54, 1.807) is 14.2 Å².